The van der Waals surface area contributed by atoms with E-state index in [1.165, 1.54) is 0 Å². The summed E-state index contributed by atoms with van der Waals surface area (Å²) in [4.78, 5) is 16.7. The standard InChI is InChI=1S/C16H24N4O3/c1-10-17-18-15(23-10)8-19-6-11-5-12(7-19)14(9-21)20-13(11)3-2-4-16(20)22/h11-14,21H,2-9H2,1H3/t11-,12+,13+,14+/m1/s1. The molecule has 3 aliphatic rings. The topological polar surface area (TPSA) is 82.7 Å². The second kappa shape index (κ2) is 5.87. The molecule has 7 heteroatoms. The molecule has 0 saturated carbocycles. The summed E-state index contributed by atoms with van der Waals surface area (Å²) in [6, 6.07) is 0.258. The minimum atomic E-state index is -0.0312. The molecule has 0 spiro atoms. The van der Waals surface area contributed by atoms with Gasteiger partial charge in [-0.1, -0.05) is 0 Å². The smallest absolute Gasteiger partial charge is 0.230 e. The predicted octanol–water partition coefficient (Wildman–Crippen LogP) is 0.572. The molecular formula is C16H24N4O3. The molecule has 4 heterocycles. The molecule has 3 fully saturated rings. The molecule has 1 aromatic heterocycles. The van der Waals surface area contributed by atoms with Crippen LogP contribution in [0.1, 0.15) is 37.5 Å². The fourth-order valence-corrected chi connectivity index (χ4v) is 4.83. The number of carbonyl (C=O) groups excluding carboxylic acids is 1. The van der Waals surface area contributed by atoms with Gasteiger partial charge in [0.05, 0.1) is 19.2 Å². The second-order valence-corrected chi connectivity index (χ2v) is 7.18. The van der Waals surface area contributed by atoms with Crippen LogP contribution >= 0.6 is 0 Å². The molecule has 2 bridgehead atoms. The molecule has 3 aliphatic heterocycles. The average Bonchev–Trinajstić information content (AvgIpc) is 2.93. The lowest BCUT2D eigenvalue weighted by Gasteiger charge is -2.56. The lowest BCUT2D eigenvalue weighted by Crippen LogP contribution is -2.65. The number of aryl methyl sites for hydroxylation is 1. The summed E-state index contributed by atoms with van der Waals surface area (Å²) >= 11 is 0. The largest absolute Gasteiger partial charge is 0.424 e. The number of nitrogens with zero attached hydrogens (tertiary/aromatic N) is 4. The average molecular weight is 320 g/mol. The van der Waals surface area contributed by atoms with E-state index in [9.17, 15) is 9.90 Å². The molecule has 0 aromatic carbocycles. The molecule has 23 heavy (non-hydrogen) atoms. The molecule has 4 atom stereocenters. The molecule has 3 saturated heterocycles. The summed E-state index contributed by atoms with van der Waals surface area (Å²) in [6.45, 7) is 4.36. The number of likely N-dealkylation sites (tertiary alicyclic amines) is 1. The fourth-order valence-electron chi connectivity index (χ4n) is 4.83. The number of piperidine rings is 3. The van der Waals surface area contributed by atoms with Crippen molar-refractivity contribution >= 4 is 5.91 Å². The Labute approximate surface area is 135 Å². The minimum absolute atomic E-state index is 0.0312. The Morgan fingerprint density at radius 1 is 1.30 bits per heavy atom. The van der Waals surface area contributed by atoms with Crippen LogP contribution in [0.15, 0.2) is 4.42 Å². The van der Waals surface area contributed by atoms with Gasteiger partial charge in [0.25, 0.3) is 0 Å². The first-order valence-electron chi connectivity index (χ1n) is 8.59. The maximum absolute atomic E-state index is 12.4. The summed E-state index contributed by atoms with van der Waals surface area (Å²) in [7, 11) is 0. The third kappa shape index (κ3) is 2.65. The van der Waals surface area contributed by atoms with Crippen LogP contribution in [-0.2, 0) is 11.3 Å². The van der Waals surface area contributed by atoms with Gasteiger partial charge in [-0.2, -0.15) is 0 Å². The van der Waals surface area contributed by atoms with Gasteiger partial charge >= 0.3 is 0 Å². The van der Waals surface area contributed by atoms with Crippen molar-refractivity contribution in [2.45, 2.75) is 51.2 Å². The molecule has 7 nitrogen and oxygen atoms in total. The monoisotopic (exact) mass is 320 g/mol. The van der Waals surface area contributed by atoms with Gasteiger partial charge in [-0.15, -0.1) is 10.2 Å². The number of aliphatic hydroxyl groups is 1. The van der Waals surface area contributed by atoms with E-state index in [0.29, 0.717) is 36.6 Å². The van der Waals surface area contributed by atoms with E-state index in [-0.39, 0.29) is 24.6 Å². The highest BCUT2D eigenvalue weighted by molar-refractivity contribution is 5.78. The van der Waals surface area contributed by atoms with E-state index >= 15 is 0 Å². The highest BCUT2D eigenvalue weighted by Crippen LogP contribution is 2.41. The van der Waals surface area contributed by atoms with Crippen LogP contribution in [0.25, 0.3) is 0 Å². The van der Waals surface area contributed by atoms with Gasteiger partial charge in [0.15, 0.2) is 0 Å². The predicted molar refractivity (Wildman–Crippen MR) is 81.3 cm³/mol. The summed E-state index contributed by atoms with van der Waals surface area (Å²) in [5, 5.41) is 17.9. The van der Waals surface area contributed by atoms with Crippen molar-refractivity contribution in [3.63, 3.8) is 0 Å². The fraction of sp³-hybridized carbons (Fsp3) is 0.812. The van der Waals surface area contributed by atoms with Crippen molar-refractivity contribution in [1.29, 1.82) is 0 Å². The first kappa shape index (κ1) is 15.1. The van der Waals surface area contributed by atoms with E-state index in [4.69, 9.17) is 4.42 Å². The first-order chi connectivity index (χ1) is 11.2. The summed E-state index contributed by atoms with van der Waals surface area (Å²) < 4.78 is 5.51. The SMILES string of the molecule is Cc1nnc(CN2C[C@H]3C[C@@H](C2)[C@H](CO)N2C(=O)CCC[C@@H]32)o1. The Bertz CT molecular complexity index is 576. The summed E-state index contributed by atoms with van der Waals surface area (Å²) in [5.41, 5.74) is 0. The maximum Gasteiger partial charge on any atom is 0.230 e. The van der Waals surface area contributed by atoms with Crippen LogP contribution in [0, 0.1) is 18.8 Å². The molecular weight excluding hydrogens is 296 g/mol. The van der Waals surface area contributed by atoms with E-state index in [0.717, 1.165) is 32.4 Å². The van der Waals surface area contributed by atoms with Crippen LogP contribution in [-0.4, -0.2) is 62.8 Å². The third-order valence-electron chi connectivity index (χ3n) is 5.69. The van der Waals surface area contributed by atoms with E-state index in [1.807, 2.05) is 4.90 Å². The Hall–Kier alpha value is -1.47. The second-order valence-electron chi connectivity index (χ2n) is 7.18. The Kier molecular flexibility index (Phi) is 3.85. The van der Waals surface area contributed by atoms with Crippen LogP contribution < -0.4 is 0 Å². The zero-order chi connectivity index (χ0) is 16.0. The quantitative estimate of drug-likeness (QED) is 0.877. The van der Waals surface area contributed by atoms with Crippen molar-refractivity contribution in [2.24, 2.45) is 11.8 Å². The summed E-state index contributed by atoms with van der Waals surface area (Å²) in [5.74, 6) is 2.30. The van der Waals surface area contributed by atoms with Crippen LogP contribution in [0.3, 0.4) is 0 Å². The molecule has 1 N–H and O–H groups in total. The molecule has 1 amide bonds. The Morgan fingerprint density at radius 2 is 2.13 bits per heavy atom. The zero-order valence-electron chi connectivity index (χ0n) is 13.5. The number of aliphatic hydroxyl groups excluding tert-OH is 1. The summed E-state index contributed by atoms with van der Waals surface area (Å²) in [6.07, 6.45) is 3.78. The first-order valence-corrected chi connectivity index (χ1v) is 8.59. The van der Waals surface area contributed by atoms with Gasteiger partial charge in [0, 0.05) is 32.5 Å². The van der Waals surface area contributed by atoms with Crippen molar-refractivity contribution in [2.75, 3.05) is 19.7 Å². The third-order valence-corrected chi connectivity index (χ3v) is 5.69. The highest BCUT2D eigenvalue weighted by atomic mass is 16.4. The van der Waals surface area contributed by atoms with Gasteiger partial charge in [0.2, 0.25) is 17.7 Å². The highest BCUT2D eigenvalue weighted by Gasteiger charge is 2.49. The van der Waals surface area contributed by atoms with Crippen molar-refractivity contribution < 1.29 is 14.3 Å². The van der Waals surface area contributed by atoms with Gasteiger partial charge in [-0.25, -0.2) is 0 Å². The van der Waals surface area contributed by atoms with Crippen molar-refractivity contribution in [1.82, 2.24) is 20.0 Å². The lowest BCUT2D eigenvalue weighted by molar-refractivity contribution is -0.155. The number of aromatic nitrogens is 2. The van der Waals surface area contributed by atoms with Crippen molar-refractivity contribution in [3.05, 3.63) is 11.8 Å². The van der Waals surface area contributed by atoms with Gasteiger partial charge in [-0.3, -0.25) is 9.69 Å². The van der Waals surface area contributed by atoms with E-state index in [2.05, 4.69) is 15.1 Å². The Balaban J connectivity index is 1.53. The number of hydrogen-bond acceptors (Lipinski definition) is 6. The molecule has 0 aliphatic carbocycles. The number of rotatable bonds is 3. The van der Waals surface area contributed by atoms with Crippen molar-refractivity contribution in [3.8, 4) is 0 Å². The lowest BCUT2D eigenvalue weighted by atomic mass is 9.72. The number of hydrogen-bond donors (Lipinski definition) is 1. The minimum Gasteiger partial charge on any atom is -0.424 e. The number of fused-ring (bicyclic) bond motifs is 4. The van der Waals surface area contributed by atoms with Crippen LogP contribution in [0.2, 0.25) is 0 Å². The molecule has 1 aromatic rings. The molecule has 0 radical (unpaired) electrons. The molecule has 0 unspecified atom stereocenters. The normalized spacial score (nSPS) is 34.5. The van der Waals surface area contributed by atoms with Gasteiger partial charge < -0.3 is 14.4 Å². The zero-order valence-corrected chi connectivity index (χ0v) is 13.5. The van der Waals surface area contributed by atoms with Crippen LogP contribution in [0.4, 0.5) is 0 Å². The Morgan fingerprint density at radius 3 is 2.87 bits per heavy atom. The van der Waals surface area contributed by atoms with Gasteiger partial charge in [-0.05, 0) is 31.1 Å². The molecule has 126 valence electrons. The van der Waals surface area contributed by atoms with E-state index in [1.54, 1.807) is 6.92 Å². The number of amides is 1. The van der Waals surface area contributed by atoms with Crippen LogP contribution in [0.5, 0.6) is 0 Å². The van der Waals surface area contributed by atoms with E-state index < -0.39 is 0 Å². The number of carbonyl (C=O) groups is 1. The molecule has 4 rings (SSSR count). The van der Waals surface area contributed by atoms with Gasteiger partial charge in [0.1, 0.15) is 0 Å². The maximum atomic E-state index is 12.4.